The number of aliphatic imine (C=N–C) groups is 2. The van der Waals surface area contributed by atoms with E-state index >= 15 is 0 Å². The van der Waals surface area contributed by atoms with Crippen LogP contribution in [-0.4, -0.2) is 18.1 Å². The second-order valence-electron chi connectivity index (χ2n) is 2.77. The van der Waals surface area contributed by atoms with Crippen LogP contribution in [0.1, 0.15) is 19.8 Å². The molecule has 2 rings (SSSR count). The summed E-state index contributed by atoms with van der Waals surface area (Å²) in [4.78, 5) is 18.7. The summed E-state index contributed by atoms with van der Waals surface area (Å²) in [6.45, 7) is 2.02. The van der Waals surface area contributed by atoms with Crippen LogP contribution in [0.3, 0.4) is 0 Å². The average molecular weight is 176 g/mol. The Bertz CT molecular complexity index is 376. The molecule has 0 fully saturated rings. The highest BCUT2D eigenvalue weighted by atomic mass is 16.1. The van der Waals surface area contributed by atoms with Crippen LogP contribution in [0.4, 0.5) is 0 Å². The van der Waals surface area contributed by atoms with E-state index in [2.05, 4.69) is 20.2 Å². The van der Waals surface area contributed by atoms with Crippen molar-refractivity contribution in [3.8, 4) is 0 Å². The number of nitrogens with zero attached hydrogens (tertiary/aromatic N) is 4. The number of allylic oxidation sites excluding steroid dienone is 1. The summed E-state index contributed by atoms with van der Waals surface area (Å²) in [5.74, 6) is 0.127. The predicted octanol–water partition coefficient (Wildman–Crippen LogP) is 1.47. The number of rotatable bonds is 2. The Labute approximate surface area is 75.0 Å². The molecule has 0 saturated heterocycles. The van der Waals surface area contributed by atoms with Crippen molar-refractivity contribution in [1.82, 2.24) is 0 Å². The number of hydrogen-bond donors (Lipinski definition) is 0. The molecule has 2 aliphatic heterocycles. The molecule has 2 heterocycles. The lowest BCUT2D eigenvalue weighted by Crippen LogP contribution is -2.12. The van der Waals surface area contributed by atoms with E-state index in [1.54, 1.807) is 0 Å². The molecule has 2 aliphatic rings. The van der Waals surface area contributed by atoms with Crippen molar-refractivity contribution >= 4 is 18.1 Å². The number of carbonyl (C=O) groups is 1. The van der Waals surface area contributed by atoms with E-state index in [4.69, 9.17) is 0 Å². The topological polar surface area (TPSA) is 66.5 Å². The van der Waals surface area contributed by atoms with Crippen molar-refractivity contribution in [2.45, 2.75) is 19.8 Å². The summed E-state index contributed by atoms with van der Waals surface area (Å²) in [6.07, 6.45) is 2.90. The lowest BCUT2D eigenvalue weighted by molar-refractivity contribution is -0.113. The first-order valence-corrected chi connectivity index (χ1v) is 4.13. The SMILES string of the molecule is CCCC1=C2C(=O)N=CN=C2N=N1. The van der Waals surface area contributed by atoms with Gasteiger partial charge in [-0.3, -0.25) is 4.79 Å². The fourth-order valence-corrected chi connectivity index (χ4v) is 1.26. The molecular weight excluding hydrogens is 168 g/mol. The van der Waals surface area contributed by atoms with Crippen LogP contribution >= 0.6 is 0 Å². The quantitative estimate of drug-likeness (QED) is 0.628. The molecule has 0 atom stereocenters. The van der Waals surface area contributed by atoms with Gasteiger partial charge in [-0.15, -0.1) is 5.11 Å². The van der Waals surface area contributed by atoms with Crippen LogP contribution in [-0.2, 0) is 4.79 Å². The van der Waals surface area contributed by atoms with Gasteiger partial charge in [-0.25, -0.2) is 4.99 Å². The Morgan fingerprint density at radius 1 is 1.38 bits per heavy atom. The minimum atomic E-state index is -0.279. The summed E-state index contributed by atoms with van der Waals surface area (Å²) in [5.41, 5.74) is 1.19. The minimum Gasteiger partial charge on any atom is -0.266 e. The lowest BCUT2D eigenvalue weighted by Gasteiger charge is -2.01. The van der Waals surface area contributed by atoms with Gasteiger partial charge in [-0.05, 0) is 6.42 Å². The van der Waals surface area contributed by atoms with Crippen LogP contribution in [0.5, 0.6) is 0 Å². The van der Waals surface area contributed by atoms with Gasteiger partial charge in [0.15, 0.2) is 5.84 Å². The van der Waals surface area contributed by atoms with Crippen molar-refractivity contribution in [1.29, 1.82) is 0 Å². The van der Waals surface area contributed by atoms with Crippen LogP contribution < -0.4 is 0 Å². The summed E-state index contributed by atoms with van der Waals surface area (Å²) < 4.78 is 0. The third-order valence-corrected chi connectivity index (χ3v) is 1.83. The lowest BCUT2D eigenvalue weighted by atomic mass is 10.1. The molecule has 0 aliphatic carbocycles. The van der Waals surface area contributed by atoms with Crippen molar-refractivity contribution in [3.05, 3.63) is 11.3 Å². The number of carbonyl (C=O) groups excluding carboxylic acids is 1. The summed E-state index contributed by atoms with van der Waals surface area (Å²) in [6, 6.07) is 0. The fraction of sp³-hybridized carbons (Fsp3) is 0.375. The summed E-state index contributed by atoms with van der Waals surface area (Å²) in [7, 11) is 0. The smallest absolute Gasteiger partial charge is 0.266 e. The Balaban J connectivity index is 2.41. The molecule has 5 nitrogen and oxygen atoms in total. The van der Waals surface area contributed by atoms with Gasteiger partial charge >= 0.3 is 0 Å². The van der Waals surface area contributed by atoms with Gasteiger partial charge in [0, 0.05) is 0 Å². The van der Waals surface area contributed by atoms with Crippen molar-refractivity contribution in [2.24, 2.45) is 20.2 Å². The second-order valence-corrected chi connectivity index (χ2v) is 2.77. The van der Waals surface area contributed by atoms with Gasteiger partial charge in [-0.2, -0.15) is 10.1 Å². The maximum Gasteiger partial charge on any atom is 0.284 e. The first kappa shape index (κ1) is 7.97. The van der Waals surface area contributed by atoms with Gasteiger partial charge in [0.1, 0.15) is 11.9 Å². The van der Waals surface area contributed by atoms with Gasteiger partial charge in [-0.1, -0.05) is 13.3 Å². The molecule has 1 amide bonds. The average Bonchev–Trinajstić information content (AvgIpc) is 2.51. The first-order chi connectivity index (χ1) is 6.33. The molecule has 13 heavy (non-hydrogen) atoms. The Kier molecular flexibility index (Phi) is 1.84. The number of amidine groups is 1. The molecule has 0 aromatic rings. The third kappa shape index (κ3) is 1.22. The van der Waals surface area contributed by atoms with Gasteiger partial charge in [0.2, 0.25) is 0 Å². The minimum absolute atomic E-state index is 0.279. The van der Waals surface area contributed by atoms with Crippen LogP contribution in [0.25, 0.3) is 0 Å². The predicted molar refractivity (Wildman–Crippen MR) is 47.7 cm³/mol. The van der Waals surface area contributed by atoms with E-state index < -0.39 is 0 Å². The highest BCUT2D eigenvalue weighted by Crippen LogP contribution is 2.24. The molecule has 0 aromatic heterocycles. The zero-order chi connectivity index (χ0) is 9.26. The molecular formula is C8H8N4O. The fourth-order valence-electron chi connectivity index (χ4n) is 1.26. The Morgan fingerprint density at radius 3 is 3.00 bits per heavy atom. The van der Waals surface area contributed by atoms with Crippen molar-refractivity contribution in [3.63, 3.8) is 0 Å². The van der Waals surface area contributed by atoms with E-state index in [-0.39, 0.29) is 5.91 Å². The molecule has 0 aromatic carbocycles. The van der Waals surface area contributed by atoms with E-state index in [9.17, 15) is 4.79 Å². The summed E-state index contributed by atoms with van der Waals surface area (Å²) in [5, 5.41) is 7.69. The standard InChI is InChI=1S/C8H8N4O/c1-2-3-5-6-7(12-11-5)9-4-10-8(6)13/h4H,2-3H2,1H3. The van der Waals surface area contributed by atoms with E-state index in [1.165, 1.54) is 6.34 Å². The Hall–Kier alpha value is -1.65. The molecule has 0 radical (unpaired) electrons. The van der Waals surface area contributed by atoms with E-state index in [0.717, 1.165) is 12.8 Å². The normalized spacial score (nSPS) is 19.5. The molecule has 0 N–H and O–H groups in total. The molecule has 0 saturated carbocycles. The Morgan fingerprint density at radius 2 is 2.23 bits per heavy atom. The highest BCUT2D eigenvalue weighted by molar-refractivity contribution is 6.27. The summed E-state index contributed by atoms with van der Waals surface area (Å²) >= 11 is 0. The highest BCUT2D eigenvalue weighted by Gasteiger charge is 2.26. The second kappa shape index (κ2) is 3.01. The molecule has 5 heteroatoms. The van der Waals surface area contributed by atoms with Crippen LogP contribution in [0.2, 0.25) is 0 Å². The number of hydrogen-bond acceptors (Lipinski definition) is 4. The van der Waals surface area contributed by atoms with Gasteiger partial charge in [0.25, 0.3) is 5.91 Å². The van der Waals surface area contributed by atoms with E-state index in [0.29, 0.717) is 17.1 Å². The van der Waals surface area contributed by atoms with Crippen LogP contribution in [0.15, 0.2) is 31.5 Å². The third-order valence-electron chi connectivity index (χ3n) is 1.83. The number of amides is 1. The van der Waals surface area contributed by atoms with Gasteiger partial charge < -0.3 is 0 Å². The zero-order valence-electron chi connectivity index (χ0n) is 7.19. The van der Waals surface area contributed by atoms with Gasteiger partial charge in [0.05, 0.1) is 5.70 Å². The first-order valence-electron chi connectivity index (χ1n) is 4.13. The molecule has 0 bridgehead atoms. The largest absolute Gasteiger partial charge is 0.284 e. The monoisotopic (exact) mass is 176 g/mol. The maximum absolute atomic E-state index is 11.3. The number of azo groups is 1. The zero-order valence-corrected chi connectivity index (χ0v) is 7.19. The van der Waals surface area contributed by atoms with Crippen molar-refractivity contribution in [2.75, 3.05) is 0 Å². The number of fused-ring (bicyclic) bond motifs is 1. The molecule has 66 valence electrons. The van der Waals surface area contributed by atoms with Crippen LogP contribution in [0, 0.1) is 0 Å². The molecule has 0 spiro atoms. The van der Waals surface area contributed by atoms with E-state index in [1.807, 2.05) is 6.92 Å². The maximum atomic E-state index is 11.3. The molecule has 0 unspecified atom stereocenters. The van der Waals surface area contributed by atoms with Crippen molar-refractivity contribution < 1.29 is 4.79 Å².